The second-order valence-electron chi connectivity index (χ2n) is 3.22. The van der Waals surface area contributed by atoms with Gasteiger partial charge in [0.2, 0.25) is 0 Å². The summed E-state index contributed by atoms with van der Waals surface area (Å²) in [5, 5.41) is 31.7. The fourth-order valence-electron chi connectivity index (χ4n) is 1.51. The van der Waals surface area contributed by atoms with E-state index in [1.54, 1.807) is 0 Å². The molecule has 0 aromatic carbocycles. The molecule has 0 saturated heterocycles. The number of nitrogens with zero attached hydrogens (tertiary/aromatic N) is 3. The highest BCUT2D eigenvalue weighted by Crippen LogP contribution is 2.24. The molecule has 6 nitrogen and oxygen atoms in total. The van der Waals surface area contributed by atoms with Crippen molar-refractivity contribution in [2.75, 3.05) is 0 Å². The van der Waals surface area contributed by atoms with Gasteiger partial charge < -0.3 is 15.3 Å². The third-order valence-corrected chi connectivity index (χ3v) is 2.38. The van der Waals surface area contributed by atoms with Gasteiger partial charge in [0.15, 0.2) is 0 Å². The van der Waals surface area contributed by atoms with Crippen molar-refractivity contribution in [1.29, 1.82) is 0 Å². The second-order valence-corrected chi connectivity index (χ2v) is 3.22. The molecule has 3 N–H and O–H groups in total. The summed E-state index contributed by atoms with van der Waals surface area (Å²) in [7, 11) is 0. The van der Waals surface area contributed by atoms with Gasteiger partial charge in [0.25, 0.3) is 0 Å². The Hall–Kier alpha value is -1.07. The van der Waals surface area contributed by atoms with Crippen LogP contribution in [0.25, 0.3) is 10.4 Å². The molecule has 4 atom stereocenters. The average molecular weight is 199 g/mol. The summed E-state index contributed by atoms with van der Waals surface area (Å²) in [5.74, 6) is 0. The molecule has 0 aromatic heterocycles. The van der Waals surface area contributed by atoms with E-state index in [2.05, 4.69) is 10.0 Å². The van der Waals surface area contributed by atoms with Crippen molar-refractivity contribution in [3.05, 3.63) is 22.1 Å². The first-order chi connectivity index (χ1) is 6.61. The number of azide groups is 1. The van der Waals surface area contributed by atoms with Crippen LogP contribution in [-0.4, -0.2) is 39.7 Å². The molecule has 0 spiro atoms. The standard InChI is InChI=1S/C8H13N3O3/c1-2-4-3-5(10-11-9)7(13)8(14)6(4)12/h3,5-8,12-14H,2H2,1H3/t5?,6-,7?,8?/m1/s1. The largest absolute Gasteiger partial charge is 0.390 e. The van der Waals surface area contributed by atoms with Gasteiger partial charge in [-0.05, 0) is 17.5 Å². The Morgan fingerprint density at radius 1 is 1.43 bits per heavy atom. The third kappa shape index (κ3) is 1.88. The summed E-state index contributed by atoms with van der Waals surface area (Å²) in [6.07, 6.45) is -1.55. The highest BCUT2D eigenvalue weighted by molar-refractivity contribution is 5.21. The van der Waals surface area contributed by atoms with Gasteiger partial charge in [0.05, 0.1) is 12.1 Å². The van der Waals surface area contributed by atoms with Gasteiger partial charge in [-0.2, -0.15) is 0 Å². The fraction of sp³-hybridized carbons (Fsp3) is 0.750. The lowest BCUT2D eigenvalue weighted by atomic mass is 9.87. The van der Waals surface area contributed by atoms with Crippen LogP contribution in [0.5, 0.6) is 0 Å². The second kappa shape index (κ2) is 4.43. The Labute approximate surface area is 81.1 Å². The van der Waals surface area contributed by atoms with Crippen LogP contribution in [0.4, 0.5) is 0 Å². The number of rotatable bonds is 2. The Balaban J connectivity index is 2.98. The van der Waals surface area contributed by atoms with E-state index in [4.69, 9.17) is 5.53 Å². The highest BCUT2D eigenvalue weighted by Gasteiger charge is 2.35. The van der Waals surface area contributed by atoms with E-state index in [0.717, 1.165) is 0 Å². The molecule has 0 amide bonds. The normalized spacial score (nSPS) is 37.3. The SMILES string of the molecule is CCC1=CC(N=[N+]=[N-])C(O)C(O)[C@@H]1O. The van der Waals surface area contributed by atoms with Crippen molar-refractivity contribution in [1.82, 2.24) is 0 Å². The Bertz CT molecular complexity index is 286. The molecule has 1 aliphatic rings. The van der Waals surface area contributed by atoms with Gasteiger partial charge in [0, 0.05) is 4.91 Å². The van der Waals surface area contributed by atoms with E-state index >= 15 is 0 Å². The van der Waals surface area contributed by atoms with E-state index in [9.17, 15) is 15.3 Å². The summed E-state index contributed by atoms with van der Waals surface area (Å²) in [6.45, 7) is 1.81. The zero-order chi connectivity index (χ0) is 10.7. The van der Waals surface area contributed by atoms with Gasteiger partial charge in [-0.25, -0.2) is 0 Å². The molecule has 0 radical (unpaired) electrons. The van der Waals surface area contributed by atoms with Crippen molar-refractivity contribution < 1.29 is 15.3 Å². The maximum absolute atomic E-state index is 9.48. The number of hydrogen-bond donors (Lipinski definition) is 3. The molecule has 14 heavy (non-hydrogen) atoms. The quantitative estimate of drug-likeness (QED) is 0.254. The molecule has 0 aliphatic heterocycles. The highest BCUT2D eigenvalue weighted by atomic mass is 16.4. The van der Waals surface area contributed by atoms with Crippen LogP contribution in [0.1, 0.15) is 13.3 Å². The lowest BCUT2D eigenvalue weighted by molar-refractivity contribution is -0.0574. The molecule has 0 heterocycles. The summed E-state index contributed by atoms with van der Waals surface area (Å²) >= 11 is 0. The van der Waals surface area contributed by atoms with E-state index < -0.39 is 24.4 Å². The van der Waals surface area contributed by atoms with Crippen LogP contribution in [0, 0.1) is 0 Å². The van der Waals surface area contributed by atoms with E-state index in [1.165, 1.54) is 6.08 Å². The maximum Gasteiger partial charge on any atom is 0.110 e. The average Bonchev–Trinajstić information content (AvgIpc) is 2.19. The molecule has 1 aliphatic carbocycles. The lowest BCUT2D eigenvalue weighted by Gasteiger charge is -2.32. The van der Waals surface area contributed by atoms with Gasteiger partial charge in [-0.15, -0.1) is 0 Å². The Morgan fingerprint density at radius 3 is 2.57 bits per heavy atom. The van der Waals surface area contributed by atoms with Crippen LogP contribution in [-0.2, 0) is 0 Å². The van der Waals surface area contributed by atoms with Crippen molar-refractivity contribution in [3.8, 4) is 0 Å². The molecule has 6 heteroatoms. The topological polar surface area (TPSA) is 109 Å². The van der Waals surface area contributed by atoms with Crippen molar-refractivity contribution in [2.45, 2.75) is 37.7 Å². The summed E-state index contributed by atoms with van der Waals surface area (Å²) < 4.78 is 0. The molecule has 0 bridgehead atoms. The first-order valence-corrected chi connectivity index (χ1v) is 4.40. The first kappa shape index (κ1) is 11.0. The van der Waals surface area contributed by atoms with E-state index in [0.29, 0.717) is 12.0 Å². The Kier molecular flexibility index (Phi) is 3.49. The van der Waals surface area contributed by atoms with Crippen LogP contribution < -0.4 is 0 Å². The zero-order valence-corrected chi connectivity index (χ0v) is 7.78. The van der Waals surface area contributed by atoms with Gasteiger partial charge in [-0.1, -0.05) is 18.1 Å². The Morgan fingerprint density at radius 2 is 2.07 bits per heavy atom. The van der Waals surface area contributed by atoms with Gasteiger partial charge >= 0.3 is 0 Å². The molecule has 0 saturated carbocycles. The van der Waals surface area contributed by atoms with Gasteiger partial charge in [-0.3, -0.25) is 0 Å². The van der Waals surface area contributed by atoms with Crippen molar-refractivity contribution in [3.63, 3.8) is 0 Å². The maximum atomic E-state index is 9.48. The molecule has 1 rings (SSSR count). The van der Waals surface area contributed by atoms with Crippen LogP contribution in [0.15, 0.2) is 16.8 Å². The van der Waals surface area contributed by atoms with Crippen molar-refractivity contribution in [2.24, 2.45) is 5.11 Å². The third-order valence-electron chi connectivity index (χ3n) is 2.38. The molecule has 0 aromatic rings. The predicted molar refractivity (Wildman–Crippen MR) is 49.3 cm³/mol. The summed E-state index contributed by atoms with van der Waals surface area (Å²) in [4.78, 5) is 2.57. The zero-order valence-electron chi connectivity index (χ0n) is 7.78. The summed E-state index contributed by atoms with van der Waals surface area (Å²) in [6, 6.07) is -0.798. The molecule has 3 unspecified atom stereocenters. The fourth-order valence-corrected chi connectivity index (χ4v) is 1.51. The van der Waals surface area contributed by atoms with E-state index in [-0.39, 0.29) is 0 Å². The molecule has 0 fully saturated rings. The molecular weight excluding hydrogens is 186 g/mol. The van der Waals surface area contributed by atoms with Gasteiger partial charge in [0.1, 0.15) is 12.2 Å². The number of hydrogen-bond acceptors (Lipinski definition) is 4. The minimum Gasteiger partial charge on any atom is -0.390 e. The first-order valence-electron chi connectivity index (χ1n) is 4.40. The van der Waals surface area contributed by atoms with Crippen LogP contribution in [0.2, 0.25) is 0 Å². The van der Waals surface area contributed by atoms with Crippen molar-refractivity contribution >= 4 is 0 Å². The van der Waals surface area contributed by atoms with Crippen LogP contribution >= 0.6 is 0 Å². The minimum absolute atomic E-state index is 0.544. The smallest absolute Gasteiger partial charge is 0.110 e. The number of aliphatic hydroxyl groups excluding tert-OH is 3. The number of aliphatic hydroxyl groups is 3. The minimum atomic E-state index is -1.29. The summed E-state index contributed by atoms with van der Waals surface area (Å²) in [5.41, 5.74) is 8.80. The molecular formula is C8H13N3O3. The lowest BCUT2D eigenvalue weighted by Crippen LogP contribution is -2.47. The van der Waals surface area contributed by atoms with Crippen LogP contribution in [0.3, 0.4) is 0 Å². The molecule has 78 valence electrons. The monoisotopic (exact) mass is 199 g/mol. The predicted octanol–water partition coefficient (Wildman–Crippen LogP) is 0.0980. The van der Waals surface area contributed by atoms with E-state index in [1.807, 2.05) is 6.92 Å².